The maximum Gasteiger partial charge on any atom is 0.231 e. The lowest BCUT2D eigenvalue weighted by atomic mass is 9.96. The molecule has 1 aromatic rings. The number of aliphatic hydroxyl groups is 1. The van der Waals surface area contributed by atoms with Gasteiger partial charge in [-0.15, -0.1) is 0 Å². The summed E-state index contributed by atoms with van der Waals surface area (Å²) in [5.74, 6) is -0.793. The smallest absolute Gasteiger partial charge is 0.231 e. The lowest BCUT2D eigenvalue weighted by molar-refractivity contribution is -0.151. The Morgan fingerprint density at radius 2 is 2.24 bits per heavy atom. The van der Waals surface area contributed by atoms with Gasteiger partial charge in [0.05, 0.1) is 11.5 Å². The Morgan fingerprint density at radius 3 is 2.76 bits per heavy atom. The van der Waals surface area contributed by atoms with Crippen molar-refractivity contribution in [2.24, 2.45) is 5.41 Å². The average molecular weight is 314 g/mol. The van der Waals surface area contributed by atoms with Crippen LogP contribution in [0.1, 0.15) is 45.6 Å². The molecule has 2 rings (SSSR count). The predicted molar refractivity (Wildman–Crippen MR) is 80.1 cm³/mol. The topological polar surface area (TPSA) is 80.7 Å². The van der Waals surface area contributed by atoms with Crippen molar-refractivity contribution < 1.29 is 19.4 Å². The Labute approximate surface area is 128 Å². The Balaban J connectivity index is 2.01. The Morgan fingerprint density at radius 1 is 1.57 bits per heavy atom. The molecule has 2 heterocycles. The minimum Gasteiger partial charge on any atom is -0.385 e. The van der Waals surface area contributed by atoms with E-state index < -0.39 is 23.4 Å². The molecule has 0 unspecified atom stereocenters. The number of hydrogen-bond donors (Lipinski definition) is 2. The van der Waals surface area contributed by atoms with Gasteiger partial charge in [0.1, 0.15) is 12.2 Å². The molecule has 21 heavy (non-hydrogen) atoms. The van der Waals surface area contributed by atoms with E-state index in [1.165, 1.54) is 11.3 Å². The van der Waals surface area contributed by atoms with E-state index in [2.05, 4.69) is 10.3 Å². The first kappa shape index (κ1) is 16.4. The van der Waals surface area contributed by atoms with Gasteiger partial charge in [-0.25, -0.2) is 4.98 Å². The van der Waals surface area contributed by atoms with E-state index >= 15 is 0 Å². The molecule has 118 valence electrons. The fraction of sp³-hybridized carbons (Fsp3) is 0.714. The maximum atomic E-state index is 11.9. The van der Waals surface area contributed by atoms with Crippen LogP contribution in [0.3, 0.4) is 0 Å². The molecule has 7 heteroatoms. The summed E-state index contributed by atoms with van der Waals surface area (Å²) in [5.41, 5.74) is -0.489. The normalized spacial score (nSPS) is 23.0. The molecule has 1 fully saturated rings. The molecule has 0 bridgehead atoms. The zero-order valence-electron chi connectivity index (χ0n) is 13.0. The van der Waals surface area contributed by atoms with Crippen LogP contribution in [0.5, 0.6) is 0 Å². The lowest BCUT2D eigenvalue weighted by Crippen LogP contribution is -2.27. The van der Waals surface area contributed by atoms with E-state index in [4.69, 9.17) is 9.47 Å². The van der Waals surface area contributed by atoms with E-state index in [0.717, 1.165) is 0 Å². The van der Waals surface area contributed by atoms with Crippen LogP contribution in [0.2, 0.25) is 0 Å². The van der Waals surface area contributed by atoms with Crippen LogP contribution in [0.25, 0.3) is 0 Å². The zero-order valence-corrected chi connectivity index (χ0v) is 13.8. The highest BCUT2D eigenvalue weighted by molar-refractivity contribution is 7.15. The van der Waals surface area contributed by atoms with Crippen LogP contribution < -0.4 is 5.32 Å². The number of aliphatic hydroxyl groups excluding tert-OH is 1. The monoisotopic (exact) mass is 314 g/mol. The minimum atomic E-state index is -0.815. The highest BCUT2D eigenvalue weighted by Gasteiger charge is 2.38. The Bertz CT molecular complexity index is 521. The van der Waals surface area contributed by atoms with Gasteiger partial charge in [-0.2, -0.15) is 0 Å². The Hall–Kier alpha value is -1.02. The highest BCUT2D eigenvalue weighted by atomic mass is 32.1. The fourth-order valence-corrected chi connectivity index (χ4v) is 2.67. The van der Waals surface area contributed by atoms with Crippen molar-refractivity contribution in [1.82, 2.24) is 4.98 Å². The molecule has 0 saturated carbocycles. The number of nitrogens with zero attached hydrogens (tertiary/aromatic N) is 1. The number of hydrogen-bond acceptors (Lipinski definition) is 6. The molecule has 0 aromatic carbocycles. The van der Waals surface area contributed by atoms with Gasteiger partial charge in [-0.1, -0.05) is 32.1 Å². The van der Waals surface area contributed by atoms with Gasteiger partial charge in [-0.3, -0.25) is 4.79 Å². The van der Waals surface area contributed by atoms with E-state index in [-0.39, 0.29) is 5.91 Å². The van der Waals surface area contributed by atoms with Crippen molar-refractivity contribution in [2.45, 2.75) is 52.6 Å². The van der Waals surface area contributed by atoms with Crippen molar-refractivity contribution >= 4 is 22.4 Å². The van der Waals surface area contributed by atoms with Gasteiger partial charge >= 0.3 is 0 Å². The number of anilines is 1. The standard InChI is InChI=1S/C14H22N2O4S/c1-13(2,3)11(18)16-12-15-6-9(21-12)10(17)8-7-19-14(4,5)20-8/h6,8,10,17H,7H2,1-5H3,(H,15,16,18)/t8-,10-/m1/s1. The van der Waals surface area contributed by atoms with Crippen molar-refractivity contribution in [3.05, 3.63) is 11.1 Å². The minimum absolute atomic E-state index is 0.112. The molecular weight excluding hydrogens is 292 g/mol. The molecule has 1 aromatic heterocycles. The van der Waals surface area contributed by atoms with Crippen LogP contribution in [-0.2, 0) is 14.3 Å². The van der Waals surface area contributed by atoms with Crippen LogP contribution in [0.4, 0.5) is 5.13 Å². The highest BCUT2D eigenvalue weighted by Crippen LogP contribution is 2.34. The largest absolute Gasteiger partial charge is 0.385 e. The molecule has 0 aliphatic carbocycles. The predicted octanol–water partition coefficient (Wildman–Crippen LogP) is 2.31. The second kappa shape index (κ2) is 5.64. The quantitative estimate of drug-likeness (QED) is 0.895. The molecule has 1 amide bonds. The SMILES string of the molecule is CC1(C)OC[C@H]([C@@H](O)c2cnc(NC(=O)C(C)(C)C)s2)O1. The molecule has 2 N–H and O–H groups in total. The van der Waals surface area contributed by atoms with Gasteiger partial charge in [0, 0.05) is 11.6 Å². The van der Waals surface area contributed by atoms with Crippen LogP contribution in [0.15, 0.2) is 6.20 Å². The van der Waals surface area contributed by atoms with Gasteiger partial charge in [-0.05, 0) is 13.8 Å². The van der Waals surface area contributed by atoms with Gasteiger partial charge in [0.25, 0.3) is 0 Å². The number of ether oxygens (including phenoxy) is 2. The zero-order chi connectivity index (χ0) is 15.8. The Kier molecular flexibility index (Phi) is 4.39. The first-order valence-electron chi connectivity index (χ1n) is 6.85. The number of aromatic nitrogens is 1. The molecular formula is C14H22N2O4S. The summed E-state index contributed by atoms with van der Waals surface area (Å²) < 4.78 is 11.1. The van der Waals surface area contributed by atoms with Crippen molar-refractivity contribution in [3.63, 3.8) is 0 Å². The maximum absolute atomic E-state index is 11.9. The lowest BCUT2D eigenvalue weighted by Gasteiger charge is -2.19. The second-order valence-corrected chi connectivity index (χ2v) is 7.65. The number of carbonyl (C=O) groups excluding carboxylic acids is 1. The third-order valence-corrected chi connectivity index (χ3v) is 4.08. The summed E-state index contributed by atoms with van der Waals surface area (Å²) >= 11 is 1.24. The van der Waals surface area contributed by atoms with Crippen LogP contribution in [0, 0.1) is 5.41 Å². The third kappa shape index (κ3) is 4.00. The fourth-order valence-electron chi connectivity index (χ4n) is 1.82. The molecule has 1 saturated heterocycles. The van der Waals surface area contributed by atoms with E-state index in [1.54, 1.807) is 20.0 Å². The van der Waals surface area contributed by atoms with E-state index in [9.17, 15) is 9.90 Å². The molecule has 6 nitrogen and oxygen atoms in total. The van der Waals surface area contributed by atoms with E-state index in [0.29, 0.717) is 16.6 Å². The molecule has 0 spiro atoms. The van der Waals surface area contributed by atoms with Gasteiger partial charge in [0.15, 0.2) is 10.9 Å². The van der Waals surface area contributed by atoms with Crippen molar-refractivity contribution in [2.75, 3.05) is 11.9 Å². The molecule has 2 atom stereocenters. The van der Waals surface area contributed by atoms with Gasteiger partial charge in [0.2, 0.25) is 5.91 Å². The molecule has 1 aliphatic rings. The average Bonchev–Trinajstić information content (AvgIpc) is 2.94. The first-order chi connectivity index (χ1) is 9.58. The summed E-state index contributed by atoms with van der Waals surface area (Å²) in [6.45, 7) is 9.44. The summed E-state index contributed by atoms with van der Waals surface area (Å²) in [6.07, 6.45) is 0.318. The number of nitrogens with one attached hydrogen (secondary N) is 1. The van der Waals surface area contributed by atoms with E-state index in [1.807, 2.05) is 20.8 Å². The summed E-state index contributed by atoms with van der Waals surface area (Å²) in [6, 6.07) is 0. The van der Waals surface area contributed by atoms with Crippen LogP contribution in [-0.4, -0.2) is 34.5 Å². The second-order valence-electron chi connectivity index (χ2n) is 6.58. The number of thiazole rings is 1. The van der Waals surface area contributed by atoms with Crippen molar-refractivity contribution in [3.8, 4) is 0 Å². The van der Waals surface area contributed by atoms with Gasteiger partial charge < -0.3 is 19.9 Å². The number of rotatable bonds is 3. The third-order valence-electron chi connectivity index (χ3n) is 3.10. The molecule has 0 radical (unpaired) electrons. The summed E-state index contributed by atoms with van der Waals surface area (Å²) in [7, 11) is 0. The number of amides is 1. The first-order valence-corrected chi connectivity index (χ1v) is 7.67. The number of carbonyl (C=O) groups is 1. The molecule has 1 aliphatic heterocycles. The summed E-state index contributed by atoms with van der Waals surface area (Å²) in [4.78, 5) is 16.7. The summed E-state index contributed by atoms with van der Waals surface area (Å²) in [5, 5.41) is 13.5. The van der Waals surface area contributed by atoms with Crippen LogP contribution >= 0.6 is 11.3 Å². The van der Waals surface area contributed by atoms with Crippen molar-refractivity contribution in [1.29, 1.82) is 0 Å².